The van der Waals surface area contributed by atoms with Crippen LogP contribution in [0.5, 0.6) is 0 Å². The Labute approximate surface area is 114 Å². The lowest BCUT2D eigenvalue weighted by Crippen LogP contribution is -2.21. The lowest BCUT2D eigenvalue weighted by Gasteiger charge is -2.16. The van der Waals surface area contributed by atoms with Crippen molar-refractivity contribution in [2.24, 2.45) is 22.9 Å². The molecule has 3 atom stereocenters. The predicted molar refractivity (Wildman–Crippen MR) is 75.7 cm³/mol. The van der Waals surface area contributed by atoms with Gasteiger partial charge >= 0.3 is 0 Å². The van der Waals surface area contributed by atoms with Gasteiger partial charge in [0.25, 0.3) is 0 Å². The average molecular weight is 256 g/mol. The van der Waals surface area contributed by atoms with Crippen molar-refractivity contribution >= 4 is 12.1 Å². The summed E-state index contributed by atoms with van der Waals surface area (Å²) in [6.45, 7) is 0. The Morgan fingerprint density at radius 2 is 2.11 bits per heavy atom. The van der Waals surface area contributed by atoms with Gasteiger partial charge < -0.3 is 0 Å². The summed E-state index contributed by atoms with van der Waals surface area (Å²) in [7, 11) is 0. The second kappa shape index (κ2) is 5.55. The second-order valence-electron chi connectivity index (χ2n) is 5.81. The van der Waals surface area contributed by atoms with Crippen LogP contribution >= 0.6 is 0 Å². The summed E-state index contributed by atoms with van der Waals surface area (Å²) in [6.07, 6.45) is 7.74. The van der Waals surface area contributed by atoms with Crippen LogP contribution in [0.3, 0.4) is 0 Å². The van der Waals surface area contributed by atoms with Crippen LogP contribution < -0.4 is 5.43 Å². The average Bonchev–Trinajstić information content (AvgIpc) is 3.02. The highest BCUT2D eigenvalue weighted by Crippen LogP contribution is 2.47. The molecule has 2 aliphatic rings. The molecule has 2 saturated carbocycles. The van der Waals surface area contributed by atoms with Crippen LogP contribution in [0, 0.1) is 17.8 Å². The Bertz CT molecular complexity index is 469. The molecule has 0 spiro atoms. The molecule has 1 aromatic carbocycles. The summed E-state index contributed by atoms with van der Waals surface area (Å²) in [6, 6.07) is 9.76. The van der Waals surface area contributed by atoms with Gasteiger partial charge in [-0.15, -0.1) is 0 Å². The molecule has 1 amide bonds. The quantitative estimate of drug-likeness (QED) is 0.653. The number of hydrazone groups is 1. The van der Waals surface area contributed by atoms with Crippen LogP contribution in [-0.2, 0) is 11.2 Å². The van der Waals surface area contributed by atoms with Crippen molar-refractivity contribution < 1.29 is 4.79 Å². The van der Waals surface area contributed by atoms with Gasteiger partial charge in [-0.2, -0.15) is 5.10 Å². The molecular weight excluding hydrogens is 236 g/mol. The number of fused-ring (bicyclic) bond motifs is 2. The van der Waals surface area contributed by atoms with Crippen LogP contribution in [-0.4, -0.2) is 12.1 Å². The minimum absolute atomic E-state index is 0.0365. The molecule has 3 heteroatoms. The number of hydrogen-bond acceptors (Lipinski definition) is 2. The number of carbonyl (C=O) groups is 1. The summed E-state index contributed by atoms with van der Waals surface area (Å²) in [5.74, 6) is 2.29. The molecular formula is C16H20N2O. The summed E-state index contributed by atoms with van der Waals surface area (Å²) in [5, 5.41) is 4.14. The highest BCUT2D eigenvalue weighted by molar-refractivity contribution is 5.79. The molecule has 2 fully saturated rings. The fourth-order valence-corrected chi connectivity index (χ4v) is 3.50. The van der Waals surface area contributed by atoms with E-state index in [1.54, 1.807) is 0 Å². The van der Waals surface area contributed by atoms with Crippen molar-refractivity contribution in [3.05, 3.63) is 35.9 Å². The van der Waals surface area contributed by atoms with Gasteiger partial charge in [0.15, 0.2) is 0 Å². The second-order valence-corrected chi connectivity index (χ2v) is 5.81. The van der Waals surface area contributed by atoms with Gasteiger partial charge in [-0.1, -0.05) is 36.8 Å². The standard InChI is InChI=1S/C16H20N2O/c19-16(10-12-4-2-1-3-5-12)18-17-11-15-9-13-6-7-14(15)8-13/h1-5,11,13-15H,6-10H2,(H,18,19)/b17-11+. The summed E-state index contributed by atoms with van der Waals surface area (Å²) < 4.78 is 0. The smallest absolute Gasteiger partial charge is 0.244 e. The van der Waals surface area contributed by atoms with Crippen molar-refractivity contribution in [3.8, 4) is 0 Å². The number of hydrogen-bond donors (Lipinski definition) is 1. The number of nitrogens with one attached hydrogen (secondary N) is 1. The first-order valence-electron chi connectivity index (χ1n) is 7.17. The van der Waals surface area contributed by atoms with Gasteiger partial charge in [-0.3, -0.25) is 4.79 Å². The first-order valence-corrected chi connectivity index (χ1v) is 7.17. The van der Waals surface area contributed by atoms with Crippen LogP contribution in [0.25, 0.3) is 0 Å². The van der Waals surface area contributed by atoms with Gasteiger partial charge in [0.05, 0.1) is 6.42 Å². The monoisotopic (exact) mass is 256 g/mol. The predicted octanol–water partition coefficient (Wildman–Crippen LogP) is 2.77. The van der Waals surface area contributed by atoms with E-state index in [4.69, 9.17) is 0 Å². The molecule has 19 heavy (non-hydrogen) atoms. The largest absolute Gasteiger partial charge is 0.273 e. The third kappa shape index (κ3) is 3.03. The van der Waals surface area contributed by atoms with E-state index in [0.29, 0.717) is 12.3 Å². The van der Waals surface area contributed by atoms with E-state index >= 15 is 0 Å². The fraction of sp³-hybridized carbons (Fsp3) is 0.500. The minimum Gasteiger partial charge on any atom is -0.273 e. The van der Waals surface area contributed by atoms with Crippen molar-refractivity contribution in [1.29, 1.82) is 0 Å². The topological polar surface area (TPSA) is 41.5 Å². The molecule has 2 aliphatic carbocycles. The number of nitrogens with zero attached hydrogens (tertiary/aromatic N) is 1. The van der Waals surface area contributed by atoms with Crippen molar-refractivity contribution in [1.82, 2.24) is 5.43 Å². The van der Waals surface area contributed by atoms with Crippen LogP contribution in [0.2, 0.25) is 0 Å². The lowest BCUT2D eigenvalue weighted by molar-refractivity contribution is -0.120. The Kier molecular flexibility index (Phi) is 3.62. The highest BCUT2D eigenvalue weighted by Gasteiger charge is 2.38. The molecule has 3 rings (SSSR count). The Morgan fingerprint density at radius 1 is 1.26 bits per heavy atom. The normalized spacial score (nSPS) is 28.9. The number of carbonyl (C=O) groups excluding carboxylic acids is 1. The zero-order valence-electron chi connectivity index (χ0n) is 11.1. The fourth-order valence-electron chi connectivity index (χ4n) is 3.50. The van der Waals surface area contributed by atoms with Crippen LogP contribution in [0.15, 0.2) is 35.4 Å². The van der Waals surface area contributed by atoms with Gasteiger partial charge in [-0.25, -0.2) is 5.43 Å². The van der Waals surface area contributed by atoms with Crippen molar-refractivity contribution in [2.75, 3.05) is 0 Å². The molecule has 0 aromatic heterocycles. The number of rotatable bonds is 4. The first-order chi connectivity index (χ1) is 9.31. The Morgan fingerprint density at radius 3 is 2.79 bits per heavy atom. The molecule has 0 saturated heterocycles. The lowest BCUT2D eigenvalue weighted by atomic mass is 9.90. The maximum absolute atomic E-state index is 11.7. The molecule has 0 radical (unpaired) electrons. The van der Waals surface area contributed by atoms with E-state index in [0.717, 1.165) is 17.4 Å². The summed E-state index contributed by atoms with van der Waals surface area (Å²) >= 11 is 0. The van der Waals surface area contributed by atoms with Crippen LogP contribution in [0.1, 0.15) is 31.2 Å². The van der Waals surface area contributed by atoms with E-state index < -0.39 is 0 Å². The molecule has 100 valence electrons. The molecule has 1 N–H and O–H groups in total. The van der Waals surface area contributed by atoms with Gasteiger partial charge in [-0.05, 0) is 42.6 Å². The van der Waals surface area contributed by atoms with Gasteiger partial charge in [0.1, 0.15) is 0 Å². The highest BCUT2D eigenvalue weighted by atomic mass is 16.2. The van der Waals surface area contributed by atoms with E-state index in [2.05, 4.69) is 10.5 Å². The maximum Gasteiger partial charge on any atom is 0.244 e. The molecule has 0 heterocycles. The molecule has 1 aromatic rings. The van der Waals surface area contributed by atoms with Gasteiger partial charge in [0, 0.05) is 6.21 Å². The first kappa shape index (κ1) is 12.4. The van der Waals surface area contributed by atoms with Crippen LogP contribution in [0.4, 0.5) is 0 Å². The third-order valence-corrected chi connectivity index (χ3v) is 4.46. The summed E-state index contributed by atoms with van der Waals surface area (Å²) in [4.78, 5) is 11.7. The van der Waals surface area contributed by atoms with E-state index in [1.807, 2.05) is 36.5 Å². The Balaban J connectivity index is 1.46. The number of benzene rings is 1. The van der Waals surface area contributed by atoms with Crippen molar-refractivity contribution in [3.63, 3.8) is 0 Å². The molecule has 0 aliphatic heterocycles. The van der Waals surface area contributed by atoms with E-state index in [-0.39, 0.29) is 5.91 Å². The maximum atomic E-state index is 11.7. The SMILES string of the molecule is O=C(Cc1ccccc1)N/N=C/C1CC2CCC1C2. The molecule has 3 unspecified atom stereocenters. The zero-order chi connectivity index (χ0) is 13.1. The van der Waals surface area contributed by atoms with E-state index in [9.17, 15) is 4.79 Å². The minimum atomic E-state index is -0.0365. The van der Waals surface area contributed by atoms with Crippen molar-refractivity contribution in [2.45, 2.75) is 32.1 Å². The zero-order valence-corrected chi connectivity index (χ0v) is 11.1. The molecule has 2 bridgehead atoms. The van der Waals surface area contributed by atoms with E-state index in [1.165, 1.54) is 25.7 Å². The number of amides is 1. The summed E-state index contributed by atoms with van der Waals surface area (Å²) in [5.41, 5.74) is 3.67. The Hall–Kier alpha value is -1.64. The van der Waals surface area contributed by atoms with Gasteiger partial charge in [0.2, 0.25) is 5.91 Å². The molecule has 3 nitrogen and oxygen atoms in total. The third-order valence-electron chi connectivity index (χ3n) is 4.46.